The van der Waals surface area contributed by atoms with Gasteiger partial charge in [0, 0.05) is 0 Å². The van der Waals surface area contributed by atoms with Crippen molar-refractivity contribution in [2.75, 3.05) is 0 Å². The molecule has 0 aliphatic rings. The molecule has 0 aliphatic heterocycles. The van der Waals surface area contributed by atoms with Gasteiger partial charge in [0.15, 0.2) is 6.10 Å². The molecule has 0 heterocycles. The smallest absolute Gasteiger partial charge is 0.227 e. The largest absolute Gasteiger partial charge is 0.267 e. The Morgan fingerprint density at radius 3 is 1.67 bits per heavy atom. The first kappa shape index (κ1) is 5.82. The van der Waals surface area contributed by atoms with E-state index < -0.39 is 12.5 Å². The number of halogens is 2. The highest BCUT2D eigenvalue weighted by Crippen LogP contribution is 1.97. The maximum absolute atomic E-state index is 10.8. The number of rotatable bonds is 1. The fraction of sp³-hybridized carbons (Fsp3) is 1.00. The van der Waals surface area contributed by atoms with Crippen LogP contribution >= 0.6 is 0 Å². The monoisotopic (exact) mass is 95.0 g/mol. The van der Waals surface area contributed by atoms with Gasteiger partial charge < -0.3 is 0 Å². The Bertz CT molecular complexity index is 29.8. The molecule has 0 saturated carbocycles. The van der Waals surface area contributed by atoms with E-state index in [0.717, 1.165) is 6.92 Å². The summed E-state index contributed by atoms with van der Waals surface area (Å²) in [5.41, 5.74) is 0. The predicted molar refractivity (Wildman–Crippen MR) is 16.2 cm³/mol. The summed E-state index contributed by atoms with van der Waals surface area (Å²) in [7, 11) is 0. The molecule has 1 atom stereocenters. The van der Waals surface area contributed by atoms with Crippen molar-refractivity contribution in [3.05, 3.63) is 0 Å². The van der Waals surface area contributed by atoms with Gasteiger partial charge >= 0.3 is 0 Å². The molecule has 0 amide bonds. The molecule has 3 heteroatoms. The zero-order valence-electron chi connectivity index (χ0n) is 3.32. The van der Waals surface area contributed by atoms with Crippen LogP contribution in [0.1, 0.15) is 6.92 Å². The van der Waals surface area contributed by atoms with Crippen LogP contribution in [0.5, 0.6) is 0 Å². The van der Waals surface area contributed by atoms with Crippen molar-refractivity contribution >= 4 is 0 Å². The molecule has 0 unspecified atom stereocenters. The summed E-state index contributed by atoms with van der Waals surface area (Å²) in [5.74, 6) is 0. The van der Waals surface area contributed by atoms with Gasteiger partial charge in [0.05, 0.1) is 0 Å². The van der Waals surface area contributed by atoms with Crippen LogP contribution in [0.3, 0.4) is 0 Å². The van der Waals surface area contributed by atoms with Crippen molar-refractivity contribution in [3.8, 4) is 0 Å². The van der Waals surface area contributed by atoms with E-state index in [2.05, 4.69) is 0 Å². The van der Waals surface area contributed by atoms with Gasteiger partial charge in [-0.2, -0.15) is 0 Å². The molecule has 0 bridgehead atoms. The topological polar surface area (TPSA) is 19.9 Å². The molecule has 37 valence electrons. The van der Waals surface area contributed by atoms with Crippen LogP contribution in [0.4, 0.5) is 8.78 Å². The van der Waals surface area contributed by atoms with Crippen molar-refractivity contribution < 1.29 is 13.9 Å². The molecule has 1 nitrogen and oxygen atoms in total. The molecule has 0 N–H and O–H groups in total. The Morgan fingerprint density at radius 1 is 1.50 bits per heavy atom. The van der Waals surface area contributed by atoms with Gasteiger partial charge in [0.25, 0.3) is 6.43 Å². The molecule has 6 heavy (non-hydrogen) atoms. The van der Waals surface area contributed by atoms with Gasteiger partial charge in [-0.3, -0.25) is 0 Å². The summed E-state index contributed by atoms with van der Waals surface area (Å²) in [5, 5.41) is 9.48. The number of hydrogen-bond donors (Lipinski definition) is 0. The van der Waals surface area contributed by atoms with Crippen LogP contribution in [0.2, 0.25) is 0 Å². The lowest BCUT2D eigenvalue weighted by Gasteiger charge is -1.93. The summed E-state index contributed by atoms with van der Waals surface area (Å²) in [6, 6.07) is 0. The Balaban J connectivity index is 2.99. The van der Waals surface area contributed by atoms with Gasteiger partial charge in [0.2, 0.25) is 0 Å². The Labute approximate surface area is 34.6 Å². The first-order valence-corrected chi connectivity index (χ1v) is 1.58. The Hall–Kier alpha value is -0.180. The second-order valence-corrected chi connectivity index (χ2v) is 1.04. The molecule has 0 aromatic rings. The van der Waals surface area contributed by atoms with Gasteiger partial charge in [-0.15, -0.1) is 0 Å². The second-order valence-electron chi connectivity index (χ2n) is 1.04. The van der Waals surface area contributed by atoms with E-state index in [-0.39, 0.29) is 0 Å². The van der Waals surface area contributed by atoms with Crippen LogP contribution in [-0.2, 0) is 5.11 Å². The molecule has 0 saturated heterocycles. The summed E-state index contributed by atoms with van der Waals surface area (Å²) in [6.07, 6.45) is -4.44. The van der Waals surface area contributed by atoms with Crippen molar-refractivity contribution in [2.45, 2.75) is 19.5 Å². The van der Waals surface area contributed by atoms with Gasteiger partial charge in [-0.1, -0.05) is 0 Å². The molecule has 0 aliphatic carbocycles. The summed E-state index contributed by atoms with van der Waals surface area (Å²) < 4.78 is 21.7. The molecule has 0 aromatic carbocycles. The minimum absolute atomic E-state index is 0.935. The van der Waals surface area contributed by atoms with E-state index in [1.807, 2.05) is 0 Å². The highest BCUT2D eigenvalue weighted by molar-refractivity contribution is 4.43. The maximum Gasteiger partial charge on any atom is 0.267 e. The van der Waals surface area contributed by atoms with Crippen LogP contribution in [0.25, 0.3) is 0 Å². The highest BCUT2D eigenvalue weighted by Gasteiger charge is 2.10. The third-order valence-electron chi connectivity index (χ3n) is 0.355. The lowest BCUT2D eigenvalue weighted by Crippen LogP contribution is -2.08. The summed E-state index contributed by atoms with van der Waals surface area (Å²) >= 11 is 0. The lowest BCUT2D eigenvalue weighted by atomic mass is 10.4. The minimum Gasteiger partial charge on any atom is -0.227 e. The molecule has 0 aromatic heterocycles. The first-order valence-electron chi connectivity index (χ1n) is 1.58. The standard InChI is InChI=1S/C3H5F2O/c1-2(6)3(4)5/h2-3H,1H3/t2-/m0/s1. The number of alkyl halides is 2. The van der Waals surface area contributed by atoms with E-state index in [0.29, 0.717) is 0 Å². The zero-order chi connectivity index (χ0) is 5.15. The predicted octanol–water partition coefficient (Wildman–Crippen LogP) is 1.07. The van der Waals surface area contributed by atoms with E-state index in [4.69, 9.17) is 0 Å². The third kappa shape index (κ3) is 2.08. The molecule has 0 spiro atoms. The fourth-order valence-corrected chi connectivity index (χ4v) is 0. The van der Waals surface area contributed by atoms with E-state index in [1.165, 1.54) is 0 Å². The molecule has 1 radical (unpaired) electrons. The average molecular weight is 95.1 g/mol. The van der Waals surface area contributed by atoms with E-state index >= 15 is 0 Å². The van der Waals surface area contributed by atoms with Crippen molar-refractivity contribution in [2.24, 2.45) is 0 Å². The van der Waals surface area contributed by atoms with E-state index in [1.54, 1.807) is 0 Å². The van der Waals surface area contributed by atoms with Gasteiger partial charge in [-0.05, 0) is 6.92 Å². The van der Waals surface area contributed by atoms with Crippen LogP contribution in [-0.4, -0.2) is 12.5 Å². The average Bonchev–Trinajstić information content (AvgIpc) is 1.36. The second kappa shape index (κ2) is 2.08. The minimum atomic E-state index is -2.70. The molecular weight excluding hydrogens is 90.0 g/mol. The maximum atomic E-state index is 10.8. The van der Waals surface area contributed by atoms with Crippen molar-refractivity contribution in [1.82, 2.24) is 0 Å². The van der Waals surface area contributed by atoms with Gasteiger partial charge in [-0.25, -0.2) is 13.9 Å². The molecular formula is C3H5F2O. The van der Waals surface area contributed by atoms with Gasteiger partial charge in [0.1, 0.15) is 0 Å². The fourth-order valence-electron chi connectivity index (χ4n) is 0. The number of hydrogen-bond acceptors (Lipinski definition) is 0. The first-order chi connectivity index (χ1) is 2.64. The summed E-state index contributed by atoms with van der Waals surface area (Å²) in [6.45, 7) is 0.935. The molecule has 0 fully saturated rings. The lowest BCUT2D eigenvalue weighted by molar-refractivity contribution is -0.0340. The van der Waals surface area contributed by atoms with Crippen molar-refractivity contribution in [1.29, 1.82) is 0 Å². The quantitative estimate of drug-likeness (QED) is 0.464. The van der Waals surface area contributed by atoms with Crippen LogP contribution in [0, 0.1) is 0 Å². The zero-order valence-corrected chi connectivity index (χ0v) is 3.32. The normalized spacial score (nSPS) is 15.5. The van der Waals surface area contributed by atoms with Crippen LogP contribution in [0.15, 0.2) is 0 Å². The Kier molecular flexibility index (Phi) is 2.01. The highest BCUT2D eigenvalue weighted by atomic mass is 19.3. The Morgan fingerprint density at radius 2 is 1.67 bits per heavy atom. The van der Waals surface area contributed by atoms with E-state index in [9.17, 15) is 13.9 Å². The SMILES string of the molecule is C[C@H]([O])C(F)F. The summed E-state index contributed by atoms with van der Waals surface area (Å²) in [4.78, 5) is 0. The van der Waals surface area contributed by atoms with Crippen molar-refractivity contribution in [3.63, 3.8) is 0 Å². The van der Waals surface area contributed by atoms with Crippen LogP contribution < -0.4 is 0 Å². The molecule has 0 rings (SSSR count). The third-order valence-corrected chi connectivity index (χ3v) is 0.355.